The van der Waals surface area contributed by atoms with Crippen LogP contribution >= 0.6 is 7.82 Å². The van der Waals surface area contributed by atoms with Gasteiger partial charge in [-0.1, -0.05) is 334 Å². The van der Waals surface area contributed by atoms with Crippen LogP contribution in [0.15, 0.2) is 24.3 Å². The zero-order valence-electron chi connectivity index (χ0n) is 51.8. The molecule has 0 aromatic carbocycles. The average Bonchev–Trinajstić information content (AvgIpc) is 3.38. The number of carbonyl (C=O) groups is 1. The number of aliphatic hydroxyl groups is 1. The molecule has 3 atom stereocenters. The number of likely N-dealkylation sites (N-methyl/N-ethyl adjacent to an activating group) is 1. The first kappa shape index (κ1) is 75.0. The summed E-state index contributed by atoms with van der Waals surface area (Å²) in [5, 5.41) is 13.9. The summed E-state index contributed by atoms with van der Waals surface area (Å²) >= 11 is 0. The molecule has 0 aliphatic heterocycles. The van der Waals surface area contributed by atoms with Gasteiger partial charge in [0.2, 0.25) is 5.91 Å². The third kappa shape index (κ3) is 60.6. The highest BCUT2D eigenvalue weighted by Crippen LogP contribution is 2.43. The number of quaternary nitrogens is 1. The number of nitrogens with zero attached hydrogens (tertiary/aromatic N) is 1. The third-order valence-corrected chi connectivity index (χ3v) is 16.7. The summed E-state index contributed by atoms with van der Waals surface area (Å²) in [6.07, 6.45) is 76.3. The quantitative estimate of drug-likeness (QED) is 0.0243. The van der Waals surface area contributed by atoms with Crippen LogP contribution in [0.1, 0.15) is 348 Å². The molecule has 3 unspecified atom stereocenters. The Labute approximate surface area is 474 Å². The van der Waals surface area contributed by atoms with E-state index in [9.17, 15) is 19.4 Å². The van der Waals surface area contributed by atoms with Crippen molar-refractivity contribution in [3.05, 3.63) is 24.3 Å². The number of hydrogen-bond acceptors (Lipinski definition) is 5. The molecule has 0 radical (unpaired) electrons. The second kappa shape index (κ2) is 58.6. The van der Waals surface area contributed by atoms with Gasteiger partial charge in [-0.25, -0.2) is 4.57 Å². The predicted molar refractivity (Wildman–Crippen MR) is 332 cm³/mol. The van der Waals surface area contributed by atoms with Crippen LogP contribution in [0.2, 0.25) is 0 Å². The van der Waals surface area contributed by atoms with E-state index in [2.05, 4.69) is 31.3 Å². The molecule has 0 rings (SSSR count). The van der Waals surface area contributed by atoms with Gasteiger partial charge in [0.25, 0.3) is 0 Å². The van der Waals surface area contributed by atoms with E-state index in [4.69, 9.17) is 9.05 Å². The normalized spacial score (nSPS) is 13.8. The Kier molecular flexibility index (Phi) is 57.8. The Balaban J connectivity index is 3.87. The van der Waals surface area contributed by atoms with Crippen molar-refractivity contribution in [2.45, 2.75) is 360 Å². The van der Waals surface area contributed by atoms with Crippen molar-refractivity contribution in [1.29, 1.82) is 0 Å². The van der Waals surface area contributed by atoms with Crippen LogP contribution in [0.3, 0.4) is 0 Å². The van der Waals surface area contributed by atoms with Gasteiger partial charge in [-0.3, -0.25) is 13.8 Å². The van der Waals surface area contributed by atoms with Gasteiger partial charge in [0.1, 0.15) is 13.2 Å². The lowest BCUT2D eigenvalue weighted by Gasteiger charge is -2.25. The van der Waals surface area contributed by atoms with E-state index in [1.165, 1.54) is 289 Å². The van der Waals surface area contributed by atoms with Crippen molar-refractivity contribution >= 4 is 13.7 Å². The Hall–Kier alpha value is -1.02. The fourth-order valence-electron chi connectivity index (χ4n) is 10.4. The van der Waals surface area contributed by atoms with Gasteiger partial charge in [0.15, 0.2) is 0 Å². The fourth-order valence-corrected chi connectivity index (χ4v) is 11.2. The summed E-state index contributed by atoms with van der Waals surface area (Å²) in [4.78, 5) is 23.3. The molecule has 0 heterocycles. The van der Waals surface area contributed by atoms with Crippen LogP contribution in [0, 0.1) is 0 Å². The van der Waals surface area contributed by atoms with E-state index < -0.39 is 20.0 Å². The molecule has 0 aromatic rings. The highest BCUT2D eigenvalue weighted by Gasteiger charge is 2.28. The van der Waals surface area contributed by atoms with Gasteiger partial charge in [-0.2, -0.15) is 0 Å². The molecular formula is C67H134N2O6P+. The maximum absolute atomic E-state index is 13.0. The average molecular weight is 1090 g/mol. The first-order valence-electron chi connectivity index (χ1n) is 33.7. The molecule has 9 heteroatoms. The molecule has 3 N–H and O–H groups in total. The molecule has 76 heavy (non-hydrogen) atoms. The maximum atomic E-state index is 13.0. The van der Waals surface area contributed by atoms with Gasteiger partial charge < -0.3 is 19.8 Å². The Morgan fingerprint density at radius 3 is 1.05 bits per heavy atom. The second-order valence-corrected chi connectivity index (χ2v) is 26.0. The number of carbonyl (C=O) groups excluding carboxylic acids is 1. The summed E-state index contributed by atoms with van der Waals surface area (Å²) in [5.41, 5.74) is 0. The number of aliphatic hydroxyl groups excluding tert-OH is 1. The van der Waals surface area contributed by atoms with E-state index in [1.54, 1.807) is 6.08 Å². The van der Waals surface area contributed by atoms with Crippen molar-refractivity contribution in [1.82, 2.24) is 5.32 Å². The molecule has 0 aliphatic rings. The summed E-state index contributed by atoms with van der Waals surface area (Å²) in [6, 6.07) is -0.860. The molecule has 452 valence electrons. The topological polar surface area (TPSA) is 105 Å². The van der Waals surface area contributed by atoms with Crippen LogP contribution < -0.4 is 5.32 Å². The van der Waals surface area contributed by atoms with E-state index in [0.717, 1.165) is 38.5 Å². The van der Waals surface area contributed by atoms with Gasteiger partial charge in [0, 0.05) is 6.42 Å². The lowest BCUT2D eigenvalue weighted by atomic mass is 10.0. The lowest BCUT2D eigenvalue weighted by Crippen LogP contribution is -2.45. The maximum Gasteiger partial charge on any atom is 0.472 e. The highest BCUT2D eigenvalue weighted by atomic mass is 31.2. The number of phosphoric ester groups is 1. The van der Waals surface area contributed by atoms with E-state index in [1.807, 2.05) is 27.2 Å². The standard InChI is InChI=1S/C67H133N2O6P/c1-6-8-10-12-14-16-18-20-22-23-24-25-26-27-28-29-30-31-32-33-34-35-36-37-38-39-40-41-42-43-44-45-47-49-51-53-55-57-59-61-67(71)68-65(64-75-76(72,73)74-63-62-69(3,4)5)66(70)60-58-56-54-52-50-48-46-21-19-17-15-13-11-9-7-2/h50,52,58,60,65-66,70H,6-49,51,53-57,59,61-64H2,1-5H3,(H-,68,71,72,73)/p+1/b52-50+,60-58+. The monoisotopic (exact) mass is 1090 g/mol. The van der Waals surface area contributed by atoms with Crippen LogP contribution in [-0.2, 0) is 18.4 Å². The Bertz CT molecular complexity index is 1290. The van der Waals surface area contributed by atoms with Crippen molar-refractivity contribution in [3.8, 4) is 0 Å². The summed E-state index contributed by atoms with van der Waals surface area (Å²) < 4.78 is 23.7. The summed E-state index contributed by atoms with van der Waals surface area (Å²) in [5.74, 6) is -0.180. The SMILES string of the molecule is CCCCCCCCCCC/C=C/CC/C=C/C(O)C(COP(=O)(O)OCC[N+](C)(C)C)NC(=O)CCCCCCCCCCCCCCCCCCCCCCCCCCCCCCCCCCCCCCCCC. The van der Waals surface area contributed by atoms with Crippen molar-refractivity contribution in [3.63, 3.8) is 0 Å². The number of unbranched alkanes of at least 4 members (excludes halogenated alkanes) is 48. The zero-order chi connectivity index (χ0) is 55.6. The molecule has 8 nitrogen and oxygen atoms in total. The van der Waals surface area contributed by atoms with E-state index in [0.29, 0.717) is 17.4 Å². The number of amides is 1. The zero-order valence-corrected chi connectivity index (χ0v) is 52.7. The largest absolute Gasteiger partial charge is 0.472 e. The van der Waals surface area contributed by atoms with E-state index >= 15 is 0 Å². The molecular weight excluding hydrogens is 960 g/mol. The minimum Gasteiger partial charge on any atom is -0.387 e. The summed E-state index contributed by atoms with van der Waals surface area (Å²) in [7, 11) is 1.57. The minimum atomic E-state index is -4.35. The molecule has 1 amide bonds. The number of allylic oxidation sites excluding steroid dienone is 3. The fraction of sp³-hybridized carbons (Fsp3) is 0.925. The minimum absolute atomic E-state index is 0.0587. The van der Waals surface area contributed by atoms with Crippen molar-refractivity contribution < 1.29 is 32.9 Å². The van der Waals surface area contributed by atoms with E-state index in [-0.39, 0.29) is 19.1 Å². The van der Waals surface area contributed by atoms with Gasteiger partial charge >= 0.3 is 7.82 Å². The first-order chi connectivity index (χ1) is 37.0. The lowest BCUT2D eigenvalue weighted by molar-refractivity contribution is -0.870. The predicted octanol–water partition coefficient (Wildman–Crippen LogP) is 21.1. The van der Waals surface area contributed by atoms with Gasteiger partial charge in [0.05, 0.1) is 39.9 Å². The first-order valence-corrected chi connectivity index (χ1v) is 35.2. The van der Waals surface area contributed by atoms with Crippen molar-refractivity contribution in [2.24, 2.45) is 0 Å². The summed E-state index contributed by atoms with van der Waals surface area (Å²) in [6.45, 7) is 4.84. The molecule has 0 aromatic heterocycles. The van der Waals surface area contributed by atoms with Gasteiger partial charge in [-0.05, 0) is 32.1 Å². The molecule has 0 saturated heterocycles. The molecule has 0 spiro atoms. The smallest absolute Gasteiger partial charge is 0.387 e. The number of rotatable bonds is 63. The molecule has 0 bridgehead atoms. The highest BCUT2D eigenvalue weighted by molar-refractivity contribution is 7.47. The Morgan fingerprint density at radius 2 is 0.724 bits per heavy atom. The molecule has 0 aliphatic carbocycles. The van der Waals surface area contributed by atoms with Crippen LogP contribution in [0.25, 0.3) is 0 Å². The van der Waals surface area contributed by atoms with Crippen molar-refractivity contribution in [2.75, 3.05) is 40.9 Å². The number of phosphoric acid groups is 1. The Morgan fingerprint density at radius 1 is 0.434 bits per heavy atom. The number of nitrogens with one attached hydrogen (secondary N) is 1. The third-order valence-electron chi connectivity index (χ3n) is 15.7. The second-order valence-electron chi connectivity index (χ2n) is 24.6. The molecule has 0 fully saturated rings. The van der Waals surface area contributed by atoms with Crippen LogP contribution in [0.4, 0.5) is 0 Å². The number of hydrogen-bond donors (Lipinski definition) is 3. The van der Waals surface area contributed by atoms with Crippen LogP contribution in [-0.4, -0.2) is 73.4 Å². The van der Waals surface area contributed by atoms with Gasteiger partial charge in [-0.15, -0.1) is 0 Å². The molecule has 0 saturated carbocycles. The van der Waals surface area contributed by atoms with Crippen LogP contribution in [0.5, 0.6) is 0 Å².